The summed E-state index contributed by atoms with van der Waals surface area (Å²) < 4.78 is 38.0. The van der Waals surface area contributed by atoms with Gasteiger partial charge in [0.2, 0.25) is 0 Å². The summed E-state index contributed by atoms with van der Waals surface area (Å²) in [6, 6.07) is 3.11. The zero-order chi connectivity index (χ0) is 17.8. The SMILES string of the molecule is Cc1ncnc(N2CC3CC(C2)N3c2ccc(C(F)(F)F)nc2)c1C. The van der Waals surface area contributed by atoms with Crippen molar-refractivity contribution in [3.8, 4) is 0 Å². The van der Waals surface area contributed by atoms with Crippen LogP contribution in [-0.4, -0.2) is 40.1 Å². The second kappa shape index (κ2) is 5.57. The van der Waals surface area contributed by atoms with Gasteiger partial charge in [0.1, 0.15) is 17.8 Å². The minimum atomic E-state index is -4.40. The third-order valence-electron chi connectivity index (χ3n) is 5.14. The highest BCUT2D eigenvalue weighted by atomic mass is 19.4. The molecule has 2 aromatic rings. The molecule has 132 valence electrons. The molecule has 0 amide bonds. The third-order valence-corrected chi connectivity index (χ3v) is 5.14. The molecular weight excluding hydrogens is 331 g/mol. The highest BCUT2D eigenvalue weighted by Crippen LogP contribution is 2.39. The molecule has 3 saturated heterocycles. The lowest BCUT2D eigenvalue weighted by Gasteiger charge is -2.57. The Bertz CT molecular complexity index is 778. The smallest absolute Gasteiger partial charge is 0.361 e. The lowest BCUT2D eigenvalue weighted by atomic mass is 9.86. The van der Waals surface area contributed by atoms with E-state index in [0.717, 1.165) is 48.3 Å². The molecule has 2 atom stereocenters. The Labute approximate surface area is 143 Å². The van der Waals surface area contributed by atoms with Crippen molar-refractivity contribution >= 4 is 11.5 Å². The first-order chi connectivity index (χ1) is 11.8. The second-order valence-electron chi connectivity index (χ2n) is 6.66. The van der Waals surface area contributed by atoms with Gasteiger partial charge in [-0.15, -0.1) is 0 Å². The molecule has 2 unspecified atom stereocenters. The summed E-state index contributed by atoms with van der Waals surface area (Å²) in [5.41, 5.74) is 1.94. The molecule has 0 radical (unpaired) electrons. The van der Waals surface area contributed by atoms with Crippen LogP contribution in [0.4, 0.5) is 24.7 Å². The van der Waals surface area contributed by atoms with Crippen molar-refractivity contribution in [3.05, 3.63) is 41.6 Å². The Morgan fingerprint density at radius 3 is 2.36 bits per heavy atom. The van der Waals surface area contributed by atoms with Crippen molar-refractivity contribution in [3.63, 3.8) is 0 Å². The van der Waals surface area contributed by atoms with Gasteiger partial charge in [0, 0.05) is 36.4 Å². The van der Waals surface area contributed by atoms with Crippen molar-refractivity contribution in [1.29, 1.82) is 0 Å². The van der Waals surface area contributed by atoms with Crippen LogP contribution in [0.25, 0.3) is 0 Å². The predicted molar refractivity (Wildman–Crippen MR) is 87.6 cm³/mol. The van der Waals surface area contributed by atoms with E-state index in [1.807, 2.05) is 13.8 Å². The number of piperazine rings is 1. The van der Waals surface area contributed by atoms with Gasteiger partial charge in [0.15, 0.2) is 0 Å². The highest BCUT2D eigenvalue weighted by molar-refractivity contribution is 5.57. The number of hydrogen-bond donors (Lipinski definition) is 0. The highest BCUT2D eigenvalue weighted by Gasteiger charge is 2.45. The van der Waals surface area contributed by atoms with Crippen LogP contribution in [0.5, 0.6) is 0 Å². The fourth-order valence-electron chi connectivity index (χ4n) is 3.76. The summed E-state index contributed by atoms with van der Waals surface area (Å²) in [5.74, 6) is 0.951. The quantitative estimate of drug-likeness (QED) is 0.834. The lowest BCUT2D eigenvalue weighted by molar-refractivity contribution is -0.141. The number of halogens is 3. The summed E-state index contributed by atoms with van der Waals surface area (Å²) in [6.07, 6.45) is -0.448. The molecule has 3 aliphatic rings. The number of alkyl halides is 3. The minimum Gasteiger partial charge on any atom is -0.361 e. The maximum atomic E-state index is 12.7. The number of aryl methyl sites for hydroxylation is 1. The average molecular weight is 349 g/mol. The lowest BCUT2D eigenvalue weighted by Crippen LogP contribution is -2.69. The molecule has 5 nitrogen and oxygen atoms in total. The Balaban J connectivity index is 1.51. The number of anilines is 2. The van der Waals surface area contributed by atoms with Crippen molar-refractivity contribution in [1.82, 2.24) is 15.0 Å². The molecular formula is C17H18F3N5. The van der Waals surface area contributed by atoms with Crippen LogP contribution in [0.3, 0.4) is 0 Å². The molecule has 5 heterocycles. The fourth-order valence-corrected chi connectivity index (χ4v) is 3.76. The van der Waals surface area contributed by atoms with Crippen LogP contribution in [0.2, 0.25) is 0 Å². The monoisotopic (exact) mass is 349 g/mol. The van der Waals surface area contributed by atoms with Gasteiger partial charge in [-0.3, -0.25) is 0 Å². The molecule has 0 aliphatic carbocycles. The molecule has 5 rings (SSSR count). The van der Waals surface area contributed by atoms with Crippen LogP contribution < -0.4 is 9.80 Å². The number of aromatic nitrogens is 3. The minimum absolute atomic E-state index is 0.270. The Morgan fingerprint density at radius 2 is 1.76 bits per heavy atom. The molecule has 3 fully saturated rings. The van der Waals surface area contributed by atoms with Gasteiger partial charge in [0.05, 0.1) is 11.9 Å². The molecule has 2 bridgehead atoms. The van der Waals surface area contributed by atoms with E-state index in [1.165, 1.54) is 12.3 Å². The topological polar surface area (TPSA) is 45.2 Å². The maximum absolute atomic E-state index is 12.7. The van der Waals surface area contributed by atoms with E-state index in [-0.39, 0.29) is 12.1 Å². The van der Waals surface area contributed by atoms with Crippen LogP contribution in [-0.2, 0) is 6.18 Å². The Morgan fingerprint density at radius 1 is 1.04 bits per heavy atom. The van der Waals surface area contributed by atoms with Crippen LogP contribution in [0, 0.1) is 13.8 Å². The van der Waals surface area contributed by atoms with Crippen LogP contribution in [0.1, 0.15) is 23.4 Å². The first kappa shape index (κ1) is 16.1. The van der Waals surface area contributed by atoms with Gasteiger partial charge < -0.3 is 9.80 Å². The number of piperidine rings is 1. The van der Waals surface area contributed by atoms with E-state index < -0.39 is 11.9 Å². The van der Waals surface area contributed by atoms with Crippen molar-refractivity contribution in [2.75, 3.05) is 22.9 Å². The molecule has 0 saturated carbocycles. The second-order valence-corrected chi connectivity index (χ2v) is 6.66. The normalized spacial score (nSPS) is 22.8. The van der Waals surface area contributed by atoms with Crippen molar-refractivity contribution < 1.29 is 13.2 Å². The fraction of sp³-hybridized carbons (Fsp3) is 0.471. The molecule has 0 spiro atoms. The molecule has 2 aromatic heterocycles. The largest absolute Gasteiger partial charge is 0.433 e. The first-order valence-corrected chi connectivity index (χ1v) is 8.19. The van der Waals surface area contributed by atoms with E-state index in [4.69, 9.17) is 0 Å². The maximum Gasteiger partial charge on any atom is 0.433 e. The van der Waals surface area contributed by atoms with E-state index >= 15 is 0 Å². The number of rotatable bonds is 2. The third kappa shape index (κ3) is 2.69. The van der Waals surface area contributed by atoms with Gasteiger partial charge in [-0.1, -0.05) is 0 Å². The van der Waals surface area contributed by atoms with Gasteiger partial charge in [-0.2, -0.15) is 13.2 Å². The summed E-state index contributed by atoms with van der Waals surface area (Å²) in [4.78, 5) is 16.6. The van der Waals surface area contributed by atoms with Crippen LogP contribution >= 0.6 is 0 Å². The summed E-state index contributed by atoms with van der Waals surface area (Å²) >= 11 is 0. The number of hydrogen-bond acceptors (Lipinski definition) is 5. The summed E-state index contributed by atoms with van der Waals surface area (Å²) in [5, 5.41) is 0. The zero-order valence-electron chi connectivity index (χ0n) is 14.0. The van der Waals surface area contributed by atoms with Gasteiger partial charge in [-0.05, 0) is 32.4 Å². The Kier molecular flexibility index (Phi) is 3.59. The number of nitrogens with zero attached hydrogens (tertiary/aromatic N) is 5. The molecule has 0 N–H and O–H groups in total. The summed E-state index contributed by atoms with van der Waals surface area (Å²) in [6.45, 7) is 5.58. The summed E-state index contributed by atoms with van der Waals surface area (Å²) in [7, 11) is 0. The standard InChI is InChI=1S/C17H18F3N5/c1-10-11(2)22-9-23-16(10)24-7-13-5-14(8-24)25(13)12-3-4-15(21-6-12)17(18,19)20/h3-4,6,9,13-14H,5,7-8H2,1-2H3. The van der Waals surface area contributed by atoms with E-state index in [0.29, 0.717) is 0 Å². The molecule has 0 aromatic carbocycles. The Hall–Kier alpha value is -2.38. The van der Waals surface area contributed by atoms with E-state index in [2.05, 4.69) is 24.8 Å². The average Bonchev–Trinajstić information content (AvgIpc) is 2.57. The number of fused-ring (bicyclic) bond motifs is 2. The van der Waals surface area contributed by atoms with E-state index in [1.54, 1.807) is 6.33 Å². The molecule has 3 aliphatic heterocycles. The van der Waals surface area contributed by atoms with E-state index in [9.17, 15) is 13.2 Å². The number of pyridine rings is 1. The molecule has 8 heteroatoms. The first-order valence-electron chi connectivity index (χ1n) is 8.19. The van der Waals surface area contributed by atoms with Crippen molar-refractivity contribution in [2.24, 2.45) is 0 Å². The van der Waals surface area contributed by atoms with Crippen molar-refractivity contribution in [2.45, 2.75) is 38.5 Å². The zero-order valence-corrected chi connectivity index (χ0v) is 14.0. The van der Waals surface area contributed by atoms with Crippen LogP contribution in [0.15, 0.2) is 24.7 Å². The predicted octanol–water partition coefficient (Wildman–Crippen LogP) is 2.97. The van der Waals surface area contributed by atoms with Gasteiger partial charge in [0.25, 0.3) is 0 Å². The van der Waals surface area contributed by atoms with Gasteiger partial charge in [-0.25, -0.2) is 15.0 Å². The molecule has 25 heavy (non-hydrogen) atoms. The van der Waals surface area contributed by atoms with Gasteiger partial charge >= 0.3 is 6.18 Å².